The monoisotopic (exact) mass is 210 g/mol. The number of aryl methyl sites for hydroxylation is 1. The van der Waals surface area contributed by atoms with Gasteiger partial charge in [-0.3, -0.25) is 0 Å². The molecule has 0 aliphatic carbocycles. The molecule has 0 aromatic heterocycles. The number of hydrogen-bond acceptors (Lipinski definition) is 1. The highest BCUT2D eigenvalue weighted by atomic mass is 19.1. The van der Waals surface area contributed by atoms with E-state index < -0.39 is 6.17 Å². The molecule has 15 heavy (non-hydrogen) atoms. The zero-order valence-corrected chi connectivity index (χ0v) is 9.46. The lowest BCUT2D eigenvalue weighted by atomic mass is 10.0. The van der Waals surface area contributed by atoms with Crippen LogP contribution in [-0.4, -0.2) is 5.11 Å². The fourth-order valence-corrected chi connectivity index (χ4v) is 1.64. The Bertz CT molecular complexity index is 309. The van der Waals surface area contributed by atoms with Crippen LogP contribution >= 0.6 is 0 Å². The SMILES string of the molecule is CCCCc1cc(O)cc(C(F)CC)c1. The van der Waals surface area contributed by atoms with Crippen LogP contribution in [0.3, 0.4) is 0 Å². The molecule has 0 aliphatic rings. The minimum absolute atomic E-state index is 0.176. The van der Waals surface area contributed by atoms with Crippen molar-refractivity contribution in [1.82, 2.24) is 0 Å². The summed E-state index contributed by atoms with van der Waals surface area (Å²) in [5.74, 6) is 0.176. The van der Waals surface area contributed by atoms with Crippen molar-refractivity contribution in [2.24, 2.45) is 0 Å². The number of phenols is 1. The van der Waals surface area contributed by atoms with Crippen LogP contribution in [0.4, 0.5) is 4.39 Å². The van der Waals surface area contributed by atoms with Gasteiger partial charge in [0, 0.05) is 0 Å². The molecule has 1 rings (SSSR count). The highest BCUT2D eigenvalue weighted by molar-refractivity contribution is 5.34. The largest absolute Gasteiger partial charge is 0.508 e. The van der Waals surface area contributed by atoms with E-state index in [4.69, 9.17) is 0 Å². The van der Waals surface area contributed by atoms with Crippen LogP contribution in [0.25, 0.3) is 0 Å². The highest BCUT2D eigenvalue weighted by Crippen LogP contribution is 2.26. The third-order valence-corrected chi connectivity index (χ3v) is 2.54. The van der Waals surface area contributed by atoms with Gasteiger partial charge in [-0.25, -0.2) is 4.39 Å². The molecule has 0 spiro atoms. The molecule has 1 N–H and O–H groups in total. The zero-order chi connectivity index (χ0) is 11.3. The Labute approximate surface area is 90.9 Å². The first-order chi connectivity index (χ1) is 7.17. The van der Waals surface area contributed by atoms with Crippen LogP contribution in [0.1, 0.15) is 50.4 Å². The van der Waals surface area contributed by atoms with Crippen molar-refractivity contribution < 1.29 is 9.50 Å². The summed E-state index contributed by atoms with van der Waals surface area (Å²) in [7, 11) is 0. The van der Waals surface area contributed by atoms with Gasteiger partial charge in [-0.15, -0.1) is 0 Å². The van der Waals surface area contributed by atoms with E-state index in [1.54, 1.807) is 13.0 Å². The fraction of sp³-hybridized carbons (Fsp3) is 0.538. The van der Waals surface area contributed by atoms with E-state index in [2.05, 4.69) is 6.92 Å². The summed E-state index contributed by atoms with van der Waals surface area (Å²) in [4.78, 5) is 0. The lowest BCUT2D eigenvalue weighted by molar-refractivity contribution is 0.333. The highest BCUT2D eigenvalue weighted by Gasteiger charge is 2.09. The quantitative estimate of drug-likeness (QED) is 0.773. The predicted octanol–water partition coefficient (Wildman–Crippen LogP) is 4.16. The molecule has 0 heterocycles. The molecule has 0 saturated heterocycles. The second-order valence-electron chi connectivity index (χ2n) is 3.91. The van der Waals surface area contributed by atoms with Crippen LogP contribution in [0, 0.1) is 0 Å². The fourth-order valence-electron chi connectivity index (χ4n) is 1.64. The molecule has 1 aromatic rings. The van der Waals surface area contributed by atoms with Crippen LogP contribution in [0.2, 0.25) is 0 Å². The number of phenolic OH excluding ortho intramolecular Hbond substituents is 1. The molecule has 84 valence electrons. The summed E-state index contributed by atoms with van der Waals surface area (Å²) >= 11 is 0. The molecule has 0 bridgehead atoms. The van der Waals surface area contributed by atoms with Crippen molar-refractivity contribution in [2.75, 3.05) is 0 Å². The maximum absolute atomic E-state index is 13.4. The summed E-state index contributed by atoms with van der Waals surface area (Å²) < 4.78 is 13.4. The van der Waals surface area contributed by atoms with Crippen LogP contribution in [0.15, 0.2) is 18.2 Å². The van der Waals surface area contributed by atoms with Crippen LogP contribution < -0.4 is 0 Å². The Morgan fingerprint density at radius 2 is 2.00 bits per heavy atom. The van der Waals surface area contributed by atoms with Gasteiger partial charge in [-0.2, -0.15) is 0 Å². The standard InChI is InChI=1S/C13H19FO/c1-3-5-6-10-7-11(13(14)4-2)9-12(15)8-10/h7-9,13,15H,3-6H2,1-2H3. The van der Waals surface area contributed by atoms with Gasteiger partial charge in [0.25, 0.3) is 0 Å². The normalized spacial score (nSPS) is 12.7. The summed E-state index contributed by atoms with van der Waals surface area (Å²) in [6.07, 6.45) is 2.59. The Kier molecular flexibility index (Phi) is 4.60. The van der Waals surface area contributed by atoms with Crippen LogP contribution in [-0.2, 0) is 6.42 Å². The van der Waals surface area contributed by atoms with Crippen molar-refractivity contribution in [3.63, 3.8) is 0 Å². The number of alkyl halides is 1. The van der Waals surface area contributed by atoms with Gasteiger partial charge >= 0.3 is 0 Å². The van der Waals surface area contributed by atoms with Gasteiger partial charge in [-0.05, 0) is 42.5 Å². The molecular formula is C13H19FO. The van der Waals surface area contributed by atoms with E-state index in [1.807, 2.05) is 6.07 Å². The molecule has 0 aliphatic heterocycles. The van der Waals surface area contributed by atoms with Gasteiger partial charge in [0.15, 0.2) is 0 Å². The molecule has 1 aromatic carbocycles. The molecule has 0 saturated carbocycles. The molecule has 1 unspecified atom stereocenters. The van der Waals surface area contributed by atoms with E-state index in [-0.39, 0.29) is 5.75 Å². The average molecular weight is 210 g/mol. The maximum Gasteiger partial charge on any atom is 0.125 e. The van der Waals surface area contributed by atoms with Gasteiger partial charge < -0.3 is 5.11 Å². The summed E-state index contributed by atoms with van der Waals surface area (Å²) in [5, 5.41) is 9.47. The molecule has 1 atom stereocenters. The second kappa shape index (κ2) is 5.74. The average Bonchev–Trinajstić information content (AvgIpc) is 2.24. The first-order valence-corrected chi connectivity index (χ1v) is 5.64. The molecule has 2 heteroatoms. The smallest absolute Gasteiger partial charge is 0.125 e. The van der Waals surface area contributed by atoms with E-state index in [9.17, 15) is 9.50 Å². The van der Waals surface area contributed by atoms with E-state index >= 15 is 0 Å². The summed E-state index contributed by atoms with van der Waals surface area (Å²) in [6, 6.07) is 5.11. The topological polar surface area (TPSA) is 20.2 Å². The Hall–Kier alpha value is -1.05. The number of benzene rings is 1. The Morgan fingerprint density at radius 3 is 2.60 bits per heavy atom. The molecule has 0 fully saturated rings. The van der Waals surface area contributed by atoms with E-state index in [0.29, 0.717) is 12.0 Å². The zero-order valence-electron chi connectivity index (χ0n) is 9.46. The van der Waals surface area contributed by atoms with E-state index in [0.717, 1.165) is 24.8 Å². The first kappa shape index (κ1) is 12.0. The van der Waals surface area contributed by atoms with Crippen molar-refractivity contribution in [1.29, 1.82) is 0 Å². The van der Waals surface area contributed by atoms with E-state index in [1.165, 1.54) is 6.07 Å². The van der Waals surface area contributed by atoms with Gasteiger partial charge in [-0.1, -0.05) is 26.3 Å². The lowest BCUT2D eigenvalue weighted by Gasteiger charge is -2.09. The van der Waals surface area contributed by atoms with Gasteiger partial charge in [0.2, 0.25) is 0 Å². The minimum atomic E-state index is -0.961. The third-order valence-electron chi connectivity index (χ3n) is 2.54. The molecule has 0 amide bonds. The van der Waals surface area contributed by atoms with Crippen molar-refractivity contribution in [3.05, 3.63) is 29.3 Å². The lowest BCUT2D eigenvalue weighted by Crippen LogP contribution is -1.93. The predicted molar refractivity (Wildman–Crippen MR) is 60.9 cm³/mol. The number of aromatic hydroxyl groups is 1. The molecule has 1 nitrogen and oxygen atoms in total. The summed E-state index contributed by atoms with van der Waals surface area (Å²) in [6.45, 7) is 3.92. The van der Waals surface area contributed by atoms with Crippen molar-refractivity contribution >= 4 is 0 Å². The molecular weight excluding hydrogens is 191 g/mol. The number of hydrogen-bond donors (Lipinski definition) is 1. The molecule has 0 radical (unpaired) electrons. The number of rotatable bonds is 5. The maximum atomic E-state index is 13.4. The Balaban J connectivity index is 2.84. The number of halogens is 1. The number of unbranched alkanes of at least 4 members (excludes halogenated alkanes) is 1. The third kappa shape index (κ3) is 3.54. The van der Waals surface area contributed by atoms with Crippen LogP contribution in [0.5, 0.6) is 5.75 Å². The van der Waals surface area contributed by atoms with Gasteiger partial charge in [0.1, 0.15) is 11.9 Å². The Morgan fingerprint density at radius 1 is 1.27 bits per heavy atom. The van der Waals surface area contributed by atoms with Crippen molar-refractivity contribution in [3.8, 4) is 5.75 Å². The van der Waals surface area contributed by atoms with Gasteiger partial charge in [0.05, 0.1) is 0 Å². The second-order valence-corrected chi connectivity index (χ2v) is 3.91. The van der Waals surface area contributed by atoms with Crippen molar-refractivity contribution in [2.45, 2.75) is 45.7 Å². The first-order valence-electron chi connectivity index (χ1n) is 5.64. The summed E-state index contributed by atoms with van der Waals surface area (Å²) in [5.41, 5.74) is 1.63. The minimum Gasteiger partial charge on any atom is -0.508 e.